The molecule has 0 amide bonds. The van der Waals surface area contributed by atoms with E-state index in [1.807, 2.05) is 60.7 Å². The standard InChI is InChI=1S/C53H34N2O5S/c56-48-46(49(57)51(59)52(60)50(48)58)40-29-34(28-39(54-40)32-17-8-3-9-18-32)35-24-25-36(31-15-6-2-7-16-31)53-45(35)47-43(21-12-22-44(47)61-53)55-41-20-11-10-19-37(41)38-27-33(23-26-42(38)55)30-13-4-1-5-14-30/h1-29,56-60H. The van der Waals surface area contributed by atoms with Crippen molar-refractivity contribution in [3.63, 3.8) is 0 Å². The zero-order valence-corrected chi connectivity index (χ0v) is 33.1. The lowest BCUT2D eigenvalue weighted by Crippen LogP contribution is -1.96. The molecule has 0 saturated carbocycles. The van der Waals surface area contributed by atoms with Gasteiger partial charge in [-0.25, -0.2) is 4.98 Å². The third-order valence-electron chi connectivity index (χ3n) is 11.6. The molecular formula is C53H34N2O5S. The third-order valence-corrected chi connectivity index (χ3v) is 12.8. The Bertz CT molecular complexity index is 3500. The molecule has 8 aromatic carbocycles. The molecule has 0 atom stereocenters. The summed E-state index contributed by atoms with van der Waals surface area (Å²) in [4.78, 5) is 4.86. The number of aromatic nitrogens is 2. The molecule has 292 valence electrons. The first-order valence-electron chi connectivity index (χ1n) is 19.8. The van der Waals surface area contributed by atoms with Crippen LogP contribution in [0.4, 0.5) is 0 Å². The molecule has 0 bridgehead atoms. The lowest BCUT2D eigenvalue weighted by Gasteiger charge is -2.16. The Kier molecular flexibility index (Phi) is 8.30. The topological polar surface area (TPSA) is 119 Å². The van der Waals surface area contributed by atoms with Crippen molar-refractivity contribution >= 4 is 53.3 Å². The zero-order valence-electron chi connectivity index (χ0n) is 32.3. The van der Waals surface area contributed by atoms with Crippen LogP contribution in [-0.2, 0) is 0 Å². The van der Waals surface area contributed by atoms with E-state index in [-0.39, 0.29) is 11.3 Å². The second-order valence-corrected chi connectivity index (χ2v) is 16.1. The number of fused-ring (bicyclic) bond motifs is 6. The highest BCUT2D eigenvalue weighted by Gasteiger charge is 2.27. The van der Waals surface area contributed by atoms with Gasteiger partial charge in [-0.05, 0) is 75.8 Å². The van der Waals surface area contributed by atoms with E-state index >= 15 is 0 Å². The molecule has 0 aliphatic heterocycles. The quantitative estimate of drug-likeness (QED) is 0.0843. The molecule has 0 aliphatic carbocycles. The summed E-state index contributed by atoms with van der Waals surface area (Å²) in [5, 5.41) is 58.3. The average molecular weight is 811 g/mol. The minimum absolute atomic E-state index is 0.0774. The lowest BCUT2D eigenvalue weighted by atomic mass is 9.92. The Hall–Kier alpha value is -8.07. The number of rotatable bonds is 6. The van der Waals surface area contributed by atoms with Crippen molar-refractivity contribution in [2.75, 3.05) is 0 Å². The third kappa shape index (κ3) is 5.68. The van der Waals surface area contributed by atoms with Gasteiger partial charge in [0.25, 0.3) is 0 Å². The van der Waals surface area contributed by atoms with E-state index in [0.717, 1.165) is 81.0 Å². The molecule has 0 radical (unpaired) electrons. The number of phenolic OH excluding ortho intramolecular Hbond substituents is 5. The number of thiophene rings is 1. The maximum absolute atomic E-state index is 11.2. The summed E-state index contributed by atoms with van der Waals surface area (Å²) in [6, 6.07) is 59.8. The van der Waals surface area contributed by atoms with Crippen molar-refractivity contribution in [3.05, 3.63) is 176 Å². The van der Waals surface area contributed by atoms with Crippen LogP contribution in [0.15, 0.2) is 176 Å². The molecule has 61 heavy (non-hydrogen) atoms. The smallest absolute Gasteiger partial charge is 0.208 e. The van der Waals surface area contributed by atoms with Crippen molar-refractivity contribution in [2.45, 2.75) is 0 Å². The molecule has 0 aliphatic rings. The molecule has 11 rings (SSSR count). The summed E-state index contributed by atoms with van der Waals surface area (Å²) in [5.41, 5.74) is 10.2. The fourth-order valence-corrected chi connectivity index (χ4v) is 10.0. The van der Waals surface area contributed by atoms with Crippen LogP contribution in [0.1, 0.15) is 0 Å². The highest BCUT2D eigenvalue weighted by atomic mass is 32.1. The first-order valence-corrected chi connectivity index (χ1v) is 20.6. The molecule has 5 N–H and O–H groups in total. The Morgan fingerprint density at radius 3 is 1.70 bits per heavy atom. The van der Waals surface area contributed by atoms with Gasteiger partial charge in [-0.2, -0.15) is 0 Å². The second-order valence-electron chi connectivity index (χ2n) is 15.0. The number of phenols is 5. The number of hydrogen-bond donors (Lipinski definition) is 5. The summed E-state index contributed by atoms with van der Waals surface area (Å²) < 4.78 is 4.52. The van der Waals surface area contributed by atoms with Crippen LogP contribution in [0.5, 0.6) is 28.7 Å². The normalized spacial score (nSPS) is 11.6. The largest absolute Gasteiger partial charge is 0.504 e. The van der Waals surface area contributed by atoms with E-state index in [1.54, 1.807) is 17.4 Å². The van der Waals surface area contributed by atoms with Crippen LogP contribution >= 0.6 is 11.3 Å². The van der Waals surface area contributed by atoms with E-state index in [4.69, 9.17) is 4.98 Å². The van der Waals surface area contributed by atoms with Crippen LogP contribution in [0.2, 0.25) is 0 Å². The molecule has 11 aromatic rings. The summed E-state index contributed by atoms with van der Waals surface area (Å²) in [6.45, 7) is 0. The van der Waals surface area contributed by atoms with Crippen molar-refractivity contribution in [1.29, 1.82) is 0 Å². The molecule has 0 fully saturated rings. The van der Waals surface area contributed by atoms with E-state index in [2.05, 4.69) is 114 Å². The first-order chi connectivity index (χ1) is 29.9. The van der Waals surface area contributed by atoms with Gasteiger partial charge < -0.3 is 30.1 Å². The molecule has 8 heteroatoms. The maximum atomic E-state index is 11.2. The summed E-state index contributed by atoms with van der Waals surface area (Å²) in [7, 11) is 0. The lowest BCUT2D eigenvalue weighted by molar-refractivity contribution is 0.330. The molecule has 7 nitrogen and oxygen atoms in total. The Morgan fingerprint density at radius 2 is 0.984 bits per heavy atom. The molecule has 0 saturated heterocycles. The molecule has 0 unspecified atom stereocenters. The van der Waals surface area contributed by atoms with E-state index < -0.39 is 28.7 Å². The zero-order chi connectivity index (χ0) is 41.4. The molecule has 3 heterocycles. The molecular weight excluding hydrogens is 777 g/mol. The van der Waals surface area contributed by atoms with Crippen molar-refractivity contribution < 1.29 is 25.5 Å². The second kappa shape index (κ2) is 14.0. The van der Waals surface area contributed by atoms with Gasteiger partial charge in [0.05, 0.1) is 33.7 Å². The first kappa shape index (κ1) is 36.0. The van der Waals surface area contributed by atoms with Gasteiger partial charge in [-0.3, -0.25) is 0 Å². The van der Waals surface area contributed by atoms with Crippen LogP contribution in [0, 0.1) is 0 Å². The van der Waals surface area contributed by atoms with Crippen molar-refractivity contribution in [2.24, 2.45) is 0 Å². The fourth-order valence-electron chi connectivity index (χ4n) is 8.72. The minimum atomic E-state index is -1.03. The average Bonchev–Trinajstić information content (AvgIpc) is 3.87. The number of pyridine rings is 1. The van der Waals surface area contributed by atoms with Crippen molar-refractivity contribution in [1.82, 2.24) is 9.55 Å². The SMILES string of the molecule is Oc1c(O)c(O)c(-c2cc(-c3ccc(-c4ccccc4)c4sc5cccc(-n6c7ccccc7c7cc(-c8ccccc8)ccc76)c5c34)cc(-c3ccccc3)n2)c(O)c1O. The van der Waals surface area contributed by atoms with Crippen LogP contribution < -0.4 is 0 Å². The highest BCUT2D eigenvalue weighted by Crippen LogP contribution is 2.55. The molecule has 3 aromatic heterocycles. The number of benzene rings is 8. The monoisotopic (exact) mass is 810 g/mol. The van der Waals surface area contributed by atoms with Crippen LogP contribution in [0.3, 0.4) is 0 Å². The summed E-state index contributed by atoms with van der Waals surface area (Å²) in [5.74, 6) is -4.60. The Balaban J connectivity index is 1.25. The van der Waals surface area contributed by atoms with Gasteiger partial charge >= 0.3 is 0 Å². The van der Waals surface area contributed by atoms with E-state index in [0.29, 0.717) is 11.3 Å². The van der Waals surface area contributed by atoms with Gasteiger partial charge in [-0.1, -0.05) is 133 Å². The van der Waals surface area contributed by atoms with Gasteiger partial charge in [0, 0.05) is 36.5 Å². The van der Waals surface area contributed by atoms with Gasteiger partial charge in [0.1, 0.15) is 0 Å². The van der Waals surface area contributed by atoms with Gasteiger partial charge in [0.2, 0.25) is 17.2 Å². The Labute approximate surface area is 353 Å². The minimum Gasteiger partial charge on any atom is -0.504 e. The van der Waals surface area contributed by atoms with E-state index in [9.17, 15) is 25.5 Å². The van der Waals surface area contributed by atoms with Crippen LogP contribution in [-0.4, -0.2) is 35.1 Å². The number of para-hydroxylation sites is 1. The summed E-state index contributed by atoms with van der Waals surface area (Å²) >= 11 is 1.72. The van der Waals surface area contributed by atoms with Gasteiger partial charge in [-0.15, -0.1) is 11.3 Å². The maximum Gasteiger partial charge on any atom is 0.208 e. The molecule has 0 spiro atoms. The number of nitrogens with zero attached hydrogens (tertiary/aromatic N) is 2. The van der Waals surface area contributed by atoms with E-state index in [1.165, 1.54) is 0 Å². The number of aromatic hydroxyl groups is 5. The number of hydrogen-bond acceptors (Lipinski definition) is 7. The predicted molar refractivity (Wildman–Crippen MR) is 247 cm³/mol. The van der Waals surface area contributed by atoms with Gasteiger partial charge in [0.15, 0.2) is 11.5 Å². The fraction of sp³-hybridized carbons (Fsp3) is 0. The van der Waals surface area contributed by atoms with Crippen molar-refractivity contribution in [3.8, 4) is 90.3 Å². The highest BCUT2D eigenvalue weighted by molar-refractivity contribution is 7.26. The van der Waals surface area contributed by atoms with Crippen LogP contribution in [0.25, 0.3) is 104 Å². The summed E-state index contributed by atoms with van der Waals surface area (Å²) in [6.07, 6.45) is 0. The predicted octanol–water partition coefficient (Wildman–Crippen LogP) is 13.4. The Morgan fingerprint density at radius 1 is 0.393 bits per heavy atom.